The molecule has 0 bridgehead atoms. The predicted molar refractivity (Wildman–Crippen MR) is 55.2 cm³/mol. The molecule has 0 amide bonds. The Morgan fingerprint density at radius 1 is 1.38 bits per heavy atom. The number of halogens is 4. The molecule has 0 unspecified atom stereocenters. The Labute approximate surface area is 96.4 Å². The molecule has 92 valence electrons. The van der Waals surface area contributed by atoms with Gasteiger partial charge in [0.05, 0.1) is 0 Å². The Hall–Kier alpha value is -0.750. The smallest absolute Gasteiger partial charge is 0.325 e. The fourth-order valence-corrected chi connectivity index (χ4v) is 1.58. The van der Waals surface area contributed by atoms with E-state index < -0.39 is 17.4 Å². The van der Waals surface area contributed by atoms with Crippen molar-refractivity contribution in [2.24, 2.45) is 12.8 Å². The molecule has 16 heavy (non-hydrogen) atoms. The van der Waals surface area contributed by atoms with Gasteiger partial charge in [-0.15, -0.1) is 0 Å². The number of nitrogens with zero attached hydrogens (tertiary/aromatic N) is 2. The highest BCUT2D eigenvalue weighted by Crippen LogP contribution is 2.35. The Morgan fingerprint density at radius 3 is 2.25 bits per heavy atom. The van der Waals surface area contributed by atoms with Gasteiger partial charge in [-0.25, -0.2) is 0 Å². The molecule has 0 aliphatic rings. The summed E-state index contributed by atoms with van der Waals surface area (Å²) in [7, 11) is 1.37. The van der Waals surface area contributed by atoms with Gasteiger partial charge in [-0.05, 0) is 20.3 Å². The van der Waals surface area contributed by atoms with Crippen molar-refractivity contribution in [2.45, 2.75) is 32.0 Å². The Kier molecular flexibility index (Phi) is 3.27. The molecule has 0 radical (unpaired) electrons. The molecule has 0 aliphatic carbocycles. The lowest BCUT2D eigenvalue weighted by molar-refractivity contribution is -0.142. The summed E-state index contributed by atoms with van der Waals surface area (Å²) in [5, 5.41) is 3.35. The summed E-state index contributed by atoms with van der Waals surface area (Å²) >= 11 is 5.77. The van der Waals surface area contributed by atoms with Crippen LogP contribution in [0.2, 0.25) is 5.15 Å². The fourth-order valence-electron chi connectivity index (χ4n) is 1.39. The van der Waals surface area contributed by atoms with Crippen LogP contribution in [0.25, 0.3) is 0 Å². The van der Waals surface area contributed by atoms with Crippen LogP contribution < -0.4 is 5.73 Å². The first-order valence-electron chi connectivity index (χ1n) is 4.60. The molecule has 1 aromatic rings. The Morgan fingerprint density at radius 2 is 1.88 bits per heavy atom. The van der Waals surface area contributed by atoms with Gasteiger partial charge in [0.15, 0.2) is 5.69 Å². The quantitative estimate of drug-likeness (QED) is 0.882. The number of alkyl halides is 3. The average molecular weight is 256 g/mol. The maximum absolute atomic E-state index is 12.6. The topological polar surface area (TPSA) is 43.8 Å². The van der Waals surface area contributed by atoms with Gasteiger partial charge in [0.25, 0.3) is 0 Å². The van der Waals surface area contributed by atoms with Crippen molar-refractivity contribution in [2.75, 3.05) is 0 Å². The molecule has 3 nitrogen and oxygen atoms in total. The largest absolute Gasteiger partial charge is 0.435 e. The highest BCUT2D eigenvalue weighted by molar-refractivity contribution is 6.30. The molecule has 0 saturated heterocycles. The van der Waals surface area contributed by atoms with Gasteiger partial charge in [0.2, 0.25) is 0 Å². The molecule has 0 spiro atoms. The van der Waals surface area contributed by atoms with Crippen LogP contribution in [0.4, 0.5) is 13.2 Å². The third-order valence-electron chi connectivity index (χ3n) is 1.97. The van der Waals surface area contributed by atoms with Crippen LogP contribution in [-0.2, 0) is 19.6 Å². The number of nitrogens with two attached hydrogens (primary N) is 1. The van der Waals surface area contributed by atoms with Crippen molar-refractivity contribution in [1.82, 2.24) is 9.78 Å². The number of hydrogen-bond acceptors (Lipinski definition) is 2. The van der Waals surface area contributed by atoms with E-state index in [1.807, 2.05) is 0 Å². The fraction of sp³-hybridized carbons (Fsp3) is 0.667. The van der Waals surface area contributed by atoms with Crippen molar-refractivity contribution in [3.8, 4) is 0 Å². The van der Waals surface area contributed by atoms with E-state index in [0.29, 0.717) is 0 Å². The molecule has 0 atom stereocenters. The second kappa shape index (κ2) is 3.92. The second-order valence-corrected chi connectivity index (χ2v) is 4.76. The van der Waals surface area contributed by atoms with E-state index >= 15 is 0 Å². The highest BCUT2D eigenvalue weighted by Gasteiger charge is 2.39. The van der Waals surface area contributed by atoms with E-state index in [4.69, 9.17) is 17.3 Å². The molecule has 0 aliphatic heterocycles. The first kappa shape index (κ1) is 13.3. The predicted octanol–water partition coefficient (Wildman–Crippen LogP) is 2.37. The van der Waals surface area contributed by atoms with Gasteiger partial charge in [0, 0.05) is 18.2 Å². The summed E-state index contributed by atoms with van der Waals surface area (Å²) in [6.45, 7) is 3.27. The monoisotopic (exact) mass is 255 g/mol. The molecule has 1 heterocycles. The minimum absolute atomic E-state index is 0.0223. The lowest BCUT2D eigenvalue weighted by Crippen LogP contribution is -2.35. The summed E-state index contributed by atoms with van der Waals surface area (Å²) in [6.07, 6.45) is -4.49. The van der Waals surface area contributed by atoms with Crippen LogP contribution in [0.5, 0.6) is 0 Å². The van der Waals surface area contributed by atoms with E-state index in [1.54, 1.807) is 13.8 Å². The van der Waals surface area contributed by atoms with Gasteiger partial charge < -0.3 is 5.73 Å². The van der Waals surface area contributed by atoms with Crippen molar-refractivity contribution in [3.05, 3.63) is 16.4 Å². The molecule has 2 N–H and O–H groups in total. The SMILES string of the molecule is Cn1nc(C(F)(F)F)c(CC(C)(C)N)c1Cl. The van der Waals surface area contributed by atoms with Crippen LogP contribution >= 0.6 is 11.6 Å². The maximum Gasteiger partial charge on any atom is 0.435 e. The van der Waals surface area contributed by atoms with Crippen molar-refractivity contribution >= 4 is 11.6 Å². The highest BCUT2D eigenvalue weighted by atomic mass is 35.5. The van der Waals surface area contributed by atoms with Crippen molar-refractivity contribution in [1.29, 1.82) is 0 Å². The first-order valence-corrected chi connectivity index (χ1v) is 4.97. The lowest BCUT2D eigenvalue weighted by Gasteiger charge is -2.18. The minimum atomic E-state index is -4.51. The summed E-state index contributed by atoms with van der Waals surface area (Å²) in [6, 6.07) is 0. The number of rotatable bonds is 2. The summed E-state index contributed by atoms with van der Waals surface area (Å²) in [4.78, 5) is 0. The standard InChI is InChI=1S/C9H13ClF3N3/c1-8(2,14)4-5-6(9(11,12)13)15-16(3)7(5)10/h4,14H2,1-3H3. The van der Waals surface area contributed by atoms with E-state index in [-0.39, 0.29) is 17.1 Å². The number of aromatic nitrogens is 2. The van der Waals surface area contributed by atoms with Crippen molar-refractivity contribution < 1.29 is 13.2 Å². The molecule has 0 saturated carbocycles. The Bertz CT molecular complexity index is 390. The van der Waals surface area contributed by atoms with Gasteiger partial charge in [-0.3, -0.25) is 4.68 Å². The molecular weight excluding hydrogens is 243 g/mol. The third-order valence-corrected chi connectivity index (χ3v) is 2.44. The maximum atomic E-state index is 12.6. The lowest BCUT2D eigenvalue weighted by atomic mass is 9.96. The minimum Gasteiger partial charge on any atom is -0.325 e. The molecule has 0 fully saturated rings. The van der Waals surface area contributed by atoms with E-state index in [0.717, 1.165) is 4.68 Å². The van der Waals surface area contributed by atoms with Gasteiger partial charge in [-0.2, -0.15) is 18.3 Å². The van der Waals surface area contributed by atoms with E-state index in [2.05, 4.69) is 5.10 Å². The van der Waals surface area contributed by atoms with Gasteiger partial charge in [0.1, 0.15) is 5.15 Å². The van der Waals surface area contributed by atoms with Crippen LogP contribution in [-0.4, -0.2) is 15.3 Å². The molecule has 1 rings (SSSR count). The van der Waals surface area contributed by atoms with Crippen LogP contribution in [0.1, 0.15) is 25.1 Å². The third kappa shape index (κ3) is 2.89. The summed E-state index contributed by atoms with van der Waals surface area (Å²) in [5.74, 6) is 0. The zero-order valence-electron chi connectivity index (χ0n) is 9.19. The molecular formula is C9H13ClF3N3. The van der Waals surface area contributed by atoms with E-state index in [9.17, 15) is 13.2 Å². The van der Waals surface area contributed by atoms with Crippen LogP contribution in [0, 0.1) is 0 Å². The first-order chi connectivity index (χ1) is 7.02. The summed E-state index contributed by atoms with van der Waals surface area (Å²) in [5.41, 5.74) is 3.91. The molecule has 7 heteroatoms. The zero-order chi connectivity index (χ0) is 12.7. The number of hydrogen-bond donors (Lipinski definition) is 1. The average Bonchev–Trinajstić information content (AvgIpc) is 2.28. The van der Waals surface area contributed by atoms with E-state index in [1.165, 1.54) is 7.05 Å². The van der Waals surface area contributed by atoms with Gasteiger partial charge in [-0.1, -0.05) is 11.6 Å². The molecule has 0 aromatic carbocycles. The van der Waals surface area contributed by atoms with Crippen LogP contribution in [0.3, 0.4) is 0 Å². The Balaban J connectivity index is 3.25. The van der Waals surface area contributed by atoms with Crippen LogP contribution in [0.15, 0.2) is 0 Å². The second-order valence-electron chi connectivity index (χ2n) is 4.40. The number of aryl methyl sites for hydroxylation is 1. The zero-order valence-corrected chi connectivity index (χ0v) is 9.95. The molecule has 1 aromatic heterocycles. The summed E-state index contributed by atoms with van der Waals surface area (Å²) < 4.78 is 38.9. The normalized spacial score (nSPS) is 13.2. The van der Waals surface area contributed by atoms with Gasteiger partial charge >= 0.3 is 6.18 Å². The van der Waals surface area contributed by atoms with Crippen molar-refractivity contribution in [3.63, 3.8) is 0 Å².